The second-order valence-electron chi connectivity index (χ2n) is 3.13. The summed E-state index contributed by atoms with van der Waals surface area (Å²) in [6, 6.07) is 11.1. The summed E-state index contributed by atoms with van der Waals surface area (Å²) in [5.41, 5.74) is 1.38. The van der Waals surface area contributed by atoms with Crippen molar-refractivity contribution < 1.29 is 0 Å². The van der Waals surface area contributed by atoms with E-state index in [2.05, 4.69) is 53.8 Å². The molecule has 1 aliphatic heterocycles. The lowest BCUT2D eigenvalue weighted by Crippen LogP contribution is -2.10. The van der Waals surface area contributed by atoms with Gasteiger partial charge in [-0.05, 0) is 24.4 Å². The number of hydrogen-bond acceptors (Lipinski definition) is 2. The molecule has 2 rings (SSSR count). The lowest BCUT2D eigenvalue weighted by Gasteiger charge is -2.22. The SMILES string of the molecule is CC(c1ccccc1)N1C=CCS1. The molecule has 0 bridgehead atoms. The van der Waals surface area contributed by atoms with E-state index in [-0.39, 0.29) is 0 Å². The first kappa shape index (κ1) is 8.70. The molecule has 0 N–H and O–H groups in total. The molecule has 1 nitrogen and oxygen atoms in total. The van der Waals surface area contributed by atoms with Crippen LogP contribution in [0.25, 0.3) is 0 Å². The highest BCUT2D eigenvalue weighted by Gasteiger charge is 2.14. The first-order valence-corrected chi connectivity index (χ1v) is 5.45. The highest BCUT2D eigenvalue weighted by Crippen LogP contribution is 2.30. The summed E-state index contributed by atoms with van der Waals surface area (Å²) in [5.74, 6) is 1.11. The molecule has 1 atom stereocenters. The molecule has 0 aromatic heterocycles. The van der Waals surface area contributed by atoms with Gasteiger partial charge in [0.25, 0.3) is 0 Å². The largest absolute Gasteiger partial charge is 0.316 e. The van der Waals surface area contributed by atoms with Gasteiger partial charge in [0.2, 0.25) is 0 Å². The van der Waals surface area contributed by atoms with E-state index in [9.17, 15) is 0 Å². The second-order valence-corrected chi connectivity index (χ2v) is 4.14. The van der Waals surface area contributed by atoms with Crippen LogP contribution >= 0.6 is 11.9 Å². The average molecular weight is 191 g/mol. The third kappa shape index (κ3) is 1.89. The van der Waals surface area contributed by atoms with Gasteiger partial charge in [0.05, 0.1) is 6.04 Å². The fourth-order valence-corrected chi connectivity index (χ4v) is 2.30. The predicted molar refractivity (Wildman–Crippen MR) is 58.3 cm³/mol. The molecule has 0 aliphatic carbocycles. The standard InChI is InChI=1S/C11H13NS/c1-10(12-8-5-9-13-12)11-6-3-2-4-7-11/h2-8,10H,9H2,1H3. The molecule has 0 saturated heterocycles. The van der Waals surface area contributed by atoms with Gasteiger partial charge in [0, 0.05) is 12.0 Å². The van der Waals surface area contributed by atoms with Crippen LogP contribution in [0.15, 0.2) is 42.6 Å². The zero-order valence-electron chi connectivity index (χ0n) is 7.68. The molecular weight excluding hydrogens is 178 g/mol. The number of hydrogen-bond donors (Lipinski definition) is 0. The van der Waals surface area contributed by atoms with Crippen LogP contribution < -0.4 is 0 Å². The third-order valence-corrected chi connectivity index (χ3v) is 3.31. The van der Waals surface area contributed by atoms with Gasteiger partial charge in [-0.2, -0.15) is 0 Å². The van der Waals surface area contributed by atoms with E-state index in [0.717, 1.165) is 5.75 Å². The van der Waals surface area contributed by atoms with Gasteiger partial charge in [-0.15, -0.1) is 0 Å². The van der Waals surface area contributed by atoms with Gasteiger partial charge < -0.3 is 4.31 Å². The lowest BCUT2D eigenvalue weighted by molar-refractivity contribution is 0.500. The van der Waals surface area contributed by atoms with Crippen LogP contribution in [0.1, 0.15) is 18.5 Å². The zero-order chi connectivity index (χ0) is 9.10. The molecule has 0 fully saturated rings. The Morgan fingerprint density at radius 2 is 2.08 bits per heavy atom. The number of rotatable bonds is 2. The van der Waals surface area contributed by atoms with Crippen LogP contribution in [0.4, 0.5) is 0 Å². The average Bonchev–Trinajstić information content (AvgIpc) is 2.71. The first-order chi connectivity index (χ1) is 6.38. The fourth-order valence-electron chi connectivity index (χ4n) is 1.44. The molecule has 68 valence electrons. The molecule has 1 aromatic rings. The van der Waals surface area contributed by atoms with Gasteiger partial charge in [0.1, 0.15) is 0 Å². The van der Waals surface area contributed by atoms with Crippen LogP contribution in [0.5, 0.6) is 0 Å². The Morgan fingerprint density at radius 1 is 1.31 bits per heavy atom. The predicted octanol–water partition coefficient (Wildman–Crippen LogP) is 3.23. The minimum absolute atomic E-state index is 0.477. The Hall–Kier alpha value is -0.890. The third-order valence-electron chi connectivity index (χ3n) is 2.24. The molecule has 2 heteroatoms. The van der Waals surface area contributed by atoms with Crippen LogP contribution in [-0.2, 0) is 0 Å². The quantitative estimate of drug-likeness (QED) is 0.660. The fraction of sp³-hybridized carbons (Fsp3) is 0.273. The van der Waals surface area contributed by atoms with Crippen LogP contribution in [0, 0.1) is 0 Å². The molecule has 1 aromatic carbocycles. The number of benzene rings is 1. The summed E-state index contributed by atoms with van der Waals surface area (Å²) in [4.78, 5) is 0. The Morgan fingerprint density at radius 3 is 2.69 bits per heavy atom. The minimum atomic E-state index is 0.477. The van der Waals surface area contributed by atoms with E-state index in [4.69, 9.17) is 0 Å². The van der Waals surface area contributed by atoms with E-state index in [1.54, 1.807) is 0 Å². The molecule has 0 saturated carbocycles. The Balaban J connectivity index is 2.13. The minimum Gasteiger partial charge on any atom is -0.316 e. The molecule has 1 heterocycles. The summed E-state index contributed by atoms with van der Waals surface area (Å²) < 4.78 is 2.30. The van der Waals surface area contributed by atoms with Crippen molar-refractivity contribution in [3.8, 4) is 0 Å². The molecule has 1 unspecified atom stereocenters. The van der Waals surface area contributed by atoms with Crippen LogP contribution in [-0.4, -0.2) is 10.1 Å². The van der Waals surface area contributed by atoms with E-state index in [1.165, 1.54) is 5.56 Å². The maximum Gasteiger partial charge on any atom is 0.0620 e. The summed E-state index contributed by atoms with van der Waals surface area (Å²) in [7, 11) is 0. The van der Waals surface area contributed by atoms with Gasteiger partial charge in [-0.1, -0.05) is 36.4 Å². The smallest absolute Gasteiger partial charge is 0.0620 e. The van der Waals surface area contributed by atoms with Crippen molar-refractivity contribution in [3.05, 3.63) is 48.2 Å². The molecule has 0 spiro atoms. The molecular formula is C11H13NS. The number of nitrogens with zero attached hydrogens (tertiary/aromatic N) is 1. The van der Waals surface area contributed by atoms with Crippen molar-refractivity contribution in [1.29, 1.82) is 0 Å². The van der Waals surface area contributed by atoms with Crippen molar-refractivity contribution in [2.75, 3.05) is 5.75 Å². The normalized spacial score (nSPS) is 17.8. The van der Waals surface area contributed by atoms with Crippen molar-refractivity contribution in [2.24, 2.45) is 0 Å². The summed E-state index contributed by atoms with van der Waals surface area (Å²) >= 11 is 1.87. The molecule has 0 amide bonds. The molecule has 13 heavy (non-hydrogen) atoms. The van der Waals surface area contributed by atoms with Crippen molar-refractivity contribution >= 4 is 11.9 Å². The maximum atomic E-state index is 2.30. The van der Waals surface area contributed by atoms with E-state index >= 15 is 0 Å². The Bertz CT molecular complexity index is 294. The topological polar surface area (TPSA) is 3.24 Å². The maximum absolute atomic E-state index is 2.30. The molecule has 1 aliphatic rings. The summed E-state index contributed by atoms with van der Waals surface area (Å²) in [6.45, 7) is 2.23. The van der Waals surface area contributed by atoms with Crippen LogP contribution in [0.2, 0.25) is 0 Å². The van der Waals surface area contributed by atoms with E-state index in [1.807, 2.05) is 11.9 Å². The Labute approximate surface area is 83.6 Å². The van der Waals surface area contributed by atoms with Crippen molar-refractivity contribution in [3.63, 3.8) is 0 Å². The van der Waals surface area contributed by atoms with Gasteiger partial charge in [0.15, 0.2) is 0 Å². The van der Waals surface area contributed by atoms with Crippen molar-refractivity contribution in [2.45, 2.75) is 13.0 Å². The van der Waals surface area contributed by atoms with Gasteiger partial charge in [-0.25, -0.2) is 0 Å². The van der Waals surface area contributed by atoms with Crippen molar-refractivity contribution in [1.82, 2.24) is 4.31 Å². The highest BCUT2D eigenvalue weighted by molar-refractivity contribution is 7.97. The van der Waals surface area contributed by atoms with E-state index < -0.39 is 0 Å². The highest BCUT2D eigenvalue weighted by atomic mass is 32.2. The van der Waals surface area contributed by atoms with Gasteiger partial charge >= 0.3 is 0 Å². The summed E-state index contributed by atoms with van der Waals surface area (Å²) in [5, 5.41) is 0. The van der Waals surface area contributed by atoms with E-state index in [0.29, 0.717) is 6.04 Å². The second kappa shape index (κ2) is 3.88. The summed E-state index contributed by atoms with van der Waals surface area (Å²) in [6.07, 6.45) is 4.37. The van der Waals surface area contributed by atoms with Crippen LogP contribution in [0.3, 0.4) is 0 Å². The first-order valence-electron chi connectivity index (χ1n) is 4.51. The lowest BCUT2D eigenvalue weighted by atomic mass is 10.1. The zero-order valence-corrected chi connectivity index (χ0v) is 8.50. The monoisotopic (exact) mass is 191 g/mol. The Kier molecular flexibility index (Phi) is 2.60. The van der Waals surface area contributed by atoms with Gasteiger partial charge in [-0.3, -0.25) is 0 Å². The molecule has 0 radical (unpaired) electrons.